The molecule has 1 N–H and O–H groups in total. The molecule has 2 aliphatic rings. The monoisotopic (exact) mass is 357 g/mol. The minimum atomic E-state index is 0.174. The zero-order chi connectivity index (χ0) is 18.4. The minimum absolute atomic E-state index is 0.174. The summed E-state index contributed by atoms with van der Waals surface area (Å²) in [5.41, 5.74) is 6.23. The summed E-state index contributed by atoms with van der Waals surface area (Å²) >= 11 is 0. The number of fused-ring (bicyclic) bond motifs is 2. The van der Waals surface area contributed by atoms with Gasteiger partial charge < -0.3 is 10.2 Å². The van der Waals surface area contributed by atoms with Gasteiger partial charge in [-0.05, 0) is 61.7 Å². The molecule has 3 aromatic rings. The first-order chi connectivity index (χ1) is 13.2. The van der Waals surface area contributed by atoms with E-state index in [1.54, 1.807) is 0 Å². The second kappa shape index (κ2) is 6.46. The maximum atomic E-state index is 12.9. The number of amides is 1. The van der Waals surface area contributed by atoms with Crippen molar-refractivity contribution in [2.24, 2.45) is 0 Å². The number of nitrogens with zero attached hydrogens (tertiary/aromatic N) is 2. The van der Waals surface area contributed by atoms with Crippen molar-refractivity contribution in [2.45, 2.75) is 32.4 Å². The molecule has 2 aliphatic heterocycles. The largest absolute Gasteiger partial charge is 0.330 e. The van der Waals surface area contributed by atoms with E-state index in [1.165, 1.54) is 0 Å². The molecule has 27 heavy (non-hydrogen) atoms. The number of benzene rings is 2. The Morgan fingerprint density at radius 3 is 2.89 bits per heavy atom. The number of para-hydroxylation sites is 1. The topological polar surface area (TPSA) is 45.2 Å². The number of hydrogen-bond acceptors (Lipinski definition) is 3. The third-order valence-corrected chi connectivity index (χ3v) is 5.84. The number of rotatable bonds is 2. The van der Waals surface area contributed by atoms with Crippen molar-refractivity contribution >= 4 is 16.8 Å². The zero-order valence-corrected chi connectivity index (χ0v) is 15.5. The van der Waals surface area contributed by atoms with Crippen LogP contribution in [0.15, 0.2) is 48.5 Å². The molecule has 1 unspecified atom stereocenters. The van der Waals surface area contributed by atoms with Gasteiger partial charge >= 0.3 is 0 Å². The highest BCUT2D eigenvalue weighted by molar-refractivity contribution is 5.99. The van der Waals surface area contributed by atoms with Crippen molar-refractivity contribution in [2.75, 3.05) is 13.1 Å². The Bertz CT molecular complexity index is 1040. The average Bonchev–Trinajstić information content (AvgIpc) is 3.04. The molecule has 1 fully saturated rings. The zero-order valence-electron chi connectivity index (χ0n) is 15.5. The Labute approximate surface area is 159 Å². The number of pyridine rings is 1. The van der Waals surface area contributed by atoms with E-state index < -0.39 is 0 Å². The van der Waals surface area contributed by atoms with Crippen LogP contribution in [0.3, 0.4) is 0 Å². The smallest absolute Gasteiger partial charge is 0.254 e. The van der Waals surface area contributed by atoms with Crippen molar-refractivity contribution in [1.29, 1.82) is 0 Å². The molecule has 1 amide bonds. The molecule has 1 saturated heterocycles. The van der Waals surface area contributed by atoms with Crippen LogP contribution in [-0.2, 0) is 6.54 Å². The number of hydrogen-bond donors (Lipinski definition) is 1. The summed E-state index contributed by atoms with van der Waals surface area (Å²) in [6.45, 7) is 4.77. The van der Waals surface area contributed by atoms with Gasteiger partial charge in [-0.2, -0.15) is 0 Å². The van der Waals surface area contributed by atoms with Gasteiger partial charge in [-0.1, -0.05) is 24.3 Å². The summed E-state index contributed by atoms with van der Waals surface area (Å²) in [4.78, 5) is 19.8. The van der Waals surface area contributed by atoms with Crippen LogP contribution in [0.1, 0.15) is 34.3 Å². The molecule has 0 bridgehead atoms. The van der Waals surface area contributed by atoms with Gasteiger partial charge in [0.2, 0.25) is 0 Å². The first kappa shape index (κ1) is 16.5. The number of aryl methyl sites for hydroxylation is 1. The Morgan fingerprint density at radius 1 is 1.15 bits per heavy atom. The second-order valence-electron chi connectivity index (χ2n) is 7.65. The Balaban J connectivity index is 1.51. The summed E-state index contributed by atoms with van der Waals surface area (Å²) in [5.74, 6) is 0.174. The summed E-state index contributed by atoms with van der Waals surface area (Å²) in [6.07, 6.45) is 2.22. The molecule has 0 saturated carbocycles. The van der Waals surface area contributed by atoms with Crippen LogP contribution in [0.4, 0.5) is 0 Å². The van der Waals surface area contributed by atoms with Crippen molar-refractivity contribution in [1.82, 2.24) is 15.2 Å². The van der Waals surface area contributed by atoms with Crippen molar-refractivity contribution < 1.29 is 4.79 Å². The fourth-order valence-corrected chi connectivity index (χ4v) is 4.40. The lowest BCUT2D eigenvalue weighted by Crippen LogP contribution is -2.46. The van der Waals surface area contributed by atoms with E-state index in [0.717, 1.165) is 64.8 Å². The fourth-order valence-electron chi connectivity index (χ4n) is 4.40. The lowest BCUT2D eigenvalue weighted by molar-refractivity contribution is 0.0674. The quantitative estimate of drug-likeness (QED) is 0.756. The molecule has 1 aromatic heterocycles. The van der Waals surface area contributed by atoms with Crippen LogP contribution in [-0.4, -0.2) is 34.9 Å². The molecular weight excluding hydrogens is 334 g/mol. The van der Waals surface area contributed by atoms with Crippen molar-refractivity contribution in [3.63, 3.8) is 0 Å². The van der Waals surface area contributed by atoms with Gasteiger partial charge in [-0.15, -0.1) is 0 Å². The lowest BCUT2D eigenvalue weighted by Gasteiger charge is -2.31. The fraction of sp³-hybridized carbons (Fsp3) is 0.304. The molecule has 2 aromatic carbocycles. The molecule has 1 atom stereocenters. The van der Waals surface area contributed by atoms with Gasteiger partial charge in [-0.25, -0.2) is 4.98 Å². The minimum Gasteiger partial charge on any atom is -0.330 e. The molecule has 0 radical (unpaired) electrons. The number of carbonyl (C=O) groups is 1. The summed E-state index contributed by atoms with van der Waals surface area (Å²) in [6, 6.07) is 16.9. The van der Waals surface area contributed by atoms with E-state index >= 15 is 0 Å². The van der Waals surface area contributed by atoms with Crippen LogP contribution in [0, 0.1) is 6.92 Å². The normalized spacial score (nSPS) is 19.5. The van der Waals surface area contributed by atoms with E-state index in [4.69, 9.17) is 4.98 Å². The highest BCUT2D eigenvalue weighted by Gasteiger charge is 2.33. The van der Waals surface area contributed by atoms with Crippen LogP contribution >= 0.6 is 0 Å². The van der Waals surface area contributed by atoms with Gasteiger partial charge in [0.25, 0.3) is 5.91 Å². The molecule has 136 valence electrons. The Kier molecular flexibility index (Phi) is 3.94. The maximum Gasteiger partial charge on any atom is 0.254 e. The van der Waals surface area contributed by atoms with Crippen LogP contribution in [0.2, 0.25) is 0 Å². The highest BCUT2D eigenvalue weighted by Crippen LogP contribution is 2.32. The average molecular weight is 357 g/mol. The Hall–Kier alpha value is -2.72. The molecule has 5 rings (SSSR count). The third-order valence-electron chi connectivity index (χ3n) is 5.84. The van der Waals surface area contributed by atoms with Gasteiger partial charge in [0.1, 0.15) is 0 Å². The molecule has 0 spiro atoms. The molecule has 0 aliphatic carbocycles. The van der Waals surface area contributed by atoms with Gasteiger partial charge in [0.15, 0.2) is 0 Å². The second-order valence-corrected chi connectivity index (χ2v) is 7.65. The van der Waals surface area contributed by atoms with Gasteiger partial charge in [0.05, 0.1) is 11.2 Å². The predicted molar refractivity (Wildman–Crippen MR) is 108 cm³/mol. The Morgan fingerprint density at radius 2 is 2.04 bits per heavy atom. The SMILES string of the molecule is Cc1cc2ccccc2nc1-c1ccc2c(c1)CN(C1CCCNC1)C2=O. The van der Waals surface area contributed by atoms with Crippen molar-refractivity contribution in [3.8, 4) is 11.3 Å². The summed E-state index contributed by atoms with van der Waals surface area (Å²) in [5, 5.41) is 4.58. The first-order valence-corrected chi connectivity index (χ1v) is 9.72. The first-order valence-electron chi connectivity index (χ1n) is 9.72. The number of aromatic nitrogens is 1. The van der Waals surface area contributed by atoms with Crippen LogP contribution in [0.5, 0.6) is 0 Å². The molecule has 4 nitrogen and oxygen atoms in total. The maximum absolute atomic E-state index is 12.9. The van der Waals surface area contributed by atoms with E-state index in [2.05, 4.69) is 30.4 Å². The van der Waals surface area contributed by atoms with Crippen LogP contribution in [0.25, 0.3) is 22.2 Å². The molecular formula is C23H23N3O. The third kappa shape index (κ3) is 2.81. The van der Waals surface area contributed by atoms with E-state index in [1.807, 2.05) is 35.2 Å². The summed E-state index contributed by atoms with van der Waals surface area (Å²) < 4.78 is 0. The van der Waals surface area contributed by atoms with Gasteiger partial charge in [-0.3, -0.25) is 4.79 Å². The highest BCUT2D eigenvalue weighted by atomic mass is 16.2. The van der Waals surface area contributed by atoms with Crippen LogP contribution < -0.4 is 5.32 Å². The summed E-state index contributed by atoms with van der Waals surface area (Å²) in [7, 11) is 0. The van der Waals surface area contributed by atoms with E-state index in [-0.39, 0.29) is 5.91 Å². The number of carbonyl (C=O) groups excluding carboxylic acids is 1. The standard InChI is InChI=1S/C23H23N3O/c1-15-11-16-5-2-3-7-21(16)25-22(15)17-8-9-20-18(12-17)14-26(23(20)27)19-6-4-10-24-13-19/h2-3,5,7-9,11-12,19,24H,4,6,10,13-14H2,1H3. The van der Waals surface area contributed by atoms with E-state index in [0.29, 0.717) is 12.6 Å². The van der Waals surface area contributed by atoms with Gasteiger partial charge in [0, 0.05) is 35.6 Å². The lowest BCUT2D eigenvalue weighted by atomic mass is 10.00. The van der Waals surface area contributed by atoms with Crippen molar-refractivity contribution in [3.05, 3.63) is 65.2 Å². The molecule has 3 heterocycles. The molecule has 4 heteroatoms. The number of piperidine rings is 1. The van der Waals surface area contributed by atoms with E-state index in [9.17, 15) is 4.79 Å². The predicted octanol–water partition coefficient (Wildman–Crippen LogP) is 3.92. The number of nitrogens with one attached hydrogen (secondary N) is 1.